The van der Waals surface area contributed by atoms with Gasteiger partial charge in [-0.05, 0) is 75.6 Å². The van der Waals surface area contributed by atoms with Gasteiger partial charge in [0.15, 0.2) is 0 Å². The number of ether oxygens (including phenoxy) is 4. The van der Waals surface area contributed by atoms with E-state index in [0.29, 0.717) is 30.4 Å². The van der Waals surface area contributed by atoms with E-state index in [4.69, 9.17) is 18.9 Å². The highest BCUT2D eigenvalue weighted by molar-refractivity contribution is 7.91. The lowest BCUT2D eigenvalue weighted by Crippen LogP contribution is -2.58. The molecule has 0 radical (unpaired) electrons. The Balaban J connectivity index is 1.44. The Labute approximate surface area is 296 Å². The molecule has 51 heavy (non-hydrogen) atoms. The summed E-state index contributed by atoms with van der Waals surface area (Å²) in [6.45, 7) is 6.56. The molecule has 3 fully saturated rings. The van der Waals surface area contributed by atoms with Gasteiger partial charge in [0.2, 0.25) is 27.7 Å². The van der Waals surface area contributed by atoms with Crippen LogP contribution in [0.3, 0.4) is 0 Å². The normalized spacial score (nSPS) is 23.5. The number of carbonyl (C=O) groups excluding carboxylic acids is 5. The number of hydrogen-bond acceptors (Lipinski definition) is 12. The zero-order valence-corrected chi connectivity index (χ0v) is 30.3. The highest BCUT2D eigenvalue weighted by atomic mass is 32.2. The standard InChI is InChI=1S/C34H45N5O11S/c1-7-20-17-34(20,31(43)38-51(45,46)23-9-10-23)37-28(41)26-15-22(49-29-24-11-8-21(47-5)14-19(24)12-13-35-29)18-39(26)30(42)25(16-27(40)48-6)36-32(44)50-33(2,3)4/h8,11-14,20,22-23,25-26H,7,9-10,15-18H2,1-6H3,(H,36,44)(H,37,41)(H,38,43)/t20-,22-,25+,26+,34-/m1/s1. The van der Waals surface area contributed by atoms with E-state index in [0.717, 1.165) is 12.5 Å². The van der Waals surface area contributed by atoms with Gasteiger partial charge in [-0.15, -0.1) is 0 Å². The minimum absolute atomic E-state index is 0.0575. The molecule has 1 saturated heterocycles. The first-order chi connectivity index (χ1) is 24.0. The molecule has 0 spiro atoms. The molecule has 16 nitrogen and oxygen atoms in total. The van der Waals surface area contributed by atoms with Crippen molar-refractivity contribution in [3.8, 4) is 11.6 Å². The topological polar surface area (TPSA) is 209 Å². The van der Waals surface area contributed by atoms with E-state index >= 15 is 0 Å². The number of rotatable bonds is 13. The summed E-state index contributed by atoms with van der Waals surface area (Å²) in [6, 6.07) is 4.35. The molecule has 1 aromatic carbocycles. The van der Waals surface area contributed by atoms with Crippen molar-refractivity contribution in [3.05, 3.63) is 30.5 Å². The van der Waals surface area contributed by atoms with Crippen molar-refractivity contribution >= 4 is 50.6 Å². The van der Waals surface area contributed by atoms with Crippen molar-refractivity contribution in [3.63, 3.8) is 0 Å². The number of methoxy groups -OCH3 is 2. The summed E-state index contributed by atoms with van der Waals surface area (Å²) in [5.74, 6) is -2.64. The molecule has 2 saturated carbocycles. The molecule has 4 amide bonds. The van der Waals surface area contributed by atoms with Crippen LogP contribution in [-0.2, 0) is 38.7 Å². The van der Waals surface area contributed by atoms with Gasteiger partial charge in [-0.25, -0.2) is 18.2 Å². The number of amides is 4. The van der Waals surface area contributed by atoms with Crippen LogP contribution in [0.4, 0.5) is 4.79 Å². The van der Waals surface area contributed by atoms with Gasteiger partial charge in [0.1, 0.15) is 35.1 Å². The molecule has 5 rings (SSSR count). The van der Waals surface area contributed by atoms with Crippen molar-refractivity contribution in [1.29, 1.82) is 0 Å². The number of nitrogens with one attached hydrogen (secondary N) is 3. The Morgan fingerprint density at radius 2 is 1.82 bits per heavy atom. The summed E-state index contributed by atoms with van der Waals surface area (Å²) < 4.78 is 49.2. The Hall–Kier alpha value is -4.67. The number of benzene rings is 1. The van der Waals surface area contributed by atoms with Gasteiger partial charge in [0, 0.05) is 18.0 Å². The molecule has 278 valence electrons. The van der Waals surface area contributed by atoms with Gasteiger partial charge in [0.25, 0.3) is 5.91 Å². The van der Waals surface area contributed by atoms with Crippen LogP contribution in [0.5, 0.6) is 11.6 Å². The fourth-order valence-electron chi connectivity index (χ4n) is 6.28. The number of alkyl carbamates (subject to hydrolysis) is 1. The third kappa shape index (κ3) is 8.63. The van der Waals surface area contributed by atoms with Crippen molar-refractivity contribution in [2.45, 2.75) is 101 Å². The average molecular weight is 732 g/mol. The predicted molar refractivity (Wildman–Crippen MR) is 182 cm³/mol. The van der Waals surface area contributed by atoms with Crippen LogP contribution < -0.4 is 24.8 Å². The third-order valence-corrected chi connectivity index (χ3v) is 11.0. The number of fused-ring (bicyclic) bond motifs is 1. The maximum Gasteiger partial charge on any atom is 0.408 e. The number of nitrogens with zero attached hydrogens (tertiary/aromatic N) is 2. The fraction of sp³-hybridized carbons (Fsp3) is 0.588. The van der Waals surface area contributed by atoms with Crippen molar-refractivity contribution in [2.24, 2.45) is 5.92 Å². The summed E-state index contributed by atoms with van der Waals surface area (Å²) >= 11 is 0. The summed E-state index contributed by atoms with van der Waals surface area (Å²) in [5.41, 5.74) is -2.42. The van der Waals surface area contributed by atoms with E-state index in [9.17, 15) is 32.4 Å². The lowest BCUT2D eigenvalue weighted by molar-refractivity contribution is -0.146. The number of carbonyl (C=O) groups is 5. The molecule has 3 aliphatic rings. The molecule has 2 aliphatic carbocycles. The van der Waals surface area contributed by atoms with E-state index in [-0.39, 0.29) is 31.2 Å². The quantitative estimate of drug-likeness (QED) is 0.253. The number of pyridine rings is 1. The van der Waals surface area contributed by atoms with Crippen LogP contribution in [0.25, 0.3) is 10.8 Å². The number of esters is 1. The monoisotopic (exact) mass is 731 g/mol. The van der Waals surface area contributed by atoms with Gasteiger partial charge in [0.05, 0.1) is 32.4 Å². The average Bonchev–Trinajstić information content (AvgIpc) is 3.99. The van der Waals surface area contributed by atoms with Crippen molar-refractivity contribution in [1.82, 2.24) is 25.2 Å². The molecule has 2 heterocycles. The zero-order valence-electron chi connectivity index (χ0n) is 29.5. The zero-order chi connectivity index (χ0) is 37.3. The third-order valence-electron chi connectivity index (χ3n) is 9.20. The minimum Gasteiger partial charge on any atom is -0.497 e. The minimum atomic E-state index is -3.90. The van der Waals surface area contributed by atoms with Gasteiger partial charge >= 0.3 is 12.1 Å². The van der Waals surface area contributed by atoms with Gasteiger partial charge in [-0.3, -0.25) is 23.9 Å². The first-order valence-electron chi connectivity index (χ1n) is 16.8. The highest BCUT2D eigenvalue weighted by Crippen LogP contribution is 2.47. The fourth-order valence-corrected chi connectivity index (χ4v) is 7.64. The van der Waals surface area contributed by atoms with Crippen LogP contribution in [-0.4, -0.2) is 103 Å². The van der Waals surface area contributed by atoms with E-state index in [1.807, 2.05) is 6.92 Å². The second kappa shape index (κ2) is 14.5. The second-order valence-electron chi connectivity index (χ2n) is 14.1. The molecule has 2 aromatic rings. The maximum absolute atomic E-state index is 14.2. The molecule has 17 heteroatoms. The molecule has 1 aromatic heterocycles. The van der Waals surface area contributed by atoms with Crippen molar-refractivity contribution in [2.75, 3.05) is 20.8 Å². The molecular weight excluding hydrogens is 686 g/mol. The Morgan fingerprint density at radius 3 is 2.43 bits per heavy atom. The first kappa shape index (κ1) is 37.6. The predicted octanol–water partition coefficient (Wildman–Crippen LogP) is 1.94. The van der Waals surface area contributed by atoms with Crippen LogP contribution in [0.2, 0.25) is 0 Å². The van der Waals surface area contributed by atoms with E-state index < -0.39 is 80.8 Å². The SMILES string of the molecule is CC[C@@H]1C[C@]1(NC(=O)[C@@H]1C[C@@H](Oc2nccc3cc(OC)ccc23)CN1C(=O)[C@H](CC(=O)OC)NC(=O)OC(C)(C)C)C(=O)NS(=O)(=O)C1CC1. The van der Waals surface area contributed by atoms with Gasteiger partial charge in [-0.2, -0.15) is 0 Å². The molecule has 0 bridgehead atoms. The first-order valence-corrected chi connectivity index (χ1v) is 18.4. The molecule has 1 aliphatic heterocycles. The lowest BCUT2D eigenvalue weighted by Gasteiger charge is -2.30. The lowest BCUT2D eigenvalue weighted by atomic mass is 10.1. The summed E-state index contributed by atoms with van der Waals surface area (Å²) in [7, 11) is -1.22. The summed E-state index contributed by atoms with van der Waals surface area (Å²) in [4.78, 5) is 72.6. The van der Waals surface area contributed by atoms with Crippen molar-refractivity contribution < 1.29 is 51.3 Å². The van der Waals surface area contributed by atoms with E-state index in [1.165, 1.54) is 4.90 Å². The van der Waals surface area contributed by atoms with Gasteiger partial charge < -0.3 is 34.5 Å². The molecule has 0 unspecified atom stereocenters. The smallest absolute Gasteiger partial charge is 0.408 e. The number of likely N-dealkylation sites (tertiary alicyclic amines) is 1. The van der Waals surface area contributed by atoms with Crippen LogP contribution in [0.1, 0.15) is 66.2 Å². The Bertz CT molecular complexity index is 1810. The molecule has 5 atom stereocenters. The van der Waals surface area contributed by atoms with Crippen LogP contribution >= 0.6 is 0 Å². The number of aromatic nitrogens is 1. The second-order valence-corrected chi connectivity index (χ2v) is 16.1. The van der Waals surface area contributed by atoms with E-state index in [2.05, 4.69) is 20.3 Å². The number of sulfonamides is 1. The highest BCUT2D eigenvalue weighted by Gasteiger charge is 2.62. The molecule has 3 N–H and O–H groups in total. The van der Waals surface area contributed by atoms with Crippen LogP contribution in [0, 0.1) is 5.92 Å². The Morgan fingerprint density at radius 1 is 1.10 bits per heavy atom. The molecular formula is C34H45N5O11S. The maximum atomic E-state index is 14.2. The summed E-state index contributed by atoms with van der Waals surface area (Å²) in [5, 5.41) is 5.97. The largest absolute Gasteiger partial charge is 0.497 e. The van der Waals surface area contributed by atoms with Gasteiger partial charge in [-0.1, -0.05) is 13.3 Å². The summed E-state index contributed by atoms with van der Waals surface area (Å²) in [6.07, 6.45) is 0.734. The van der Waals surface area contributed by atoms with E-state index in [1.54, 1.807) is 58.3 Å². The Kier molecular flexibility index (Phi) is 10.7. The van der Waals surface area contributed by atoms with Crippen LogP contribution in [0.15, 0.2) is 30.5 Å². The number of hydrogen-bond donors (Lipinski definition) is 3.